The van der Waals surface area contributed by atoms with Crippen molar-refractivity contribution in [2.45, 2.75) is 50.3 Å². The number of nitrogens with zero attached hydrogens (tertiary/aromatic N) is 2. The number of pyridine rings is 1. The maximum Gasteiger partial charge on any atom is 0.341 e. The number of methoxy groups -OCH3 is 2. The zero-order chi connectivity index (χ0) is 22.5. The molecule has 1 spiro atoms. The third-order valence-corrected chi connectivity index (χ3v) is 6.90. The maximum atomic E-state index is 12.6. The quantitative estimate of drug-likeness (QED) is 0.631. The van der Waals surface area contributed by atoms with Crippen LogP contribution in [0.2, 0.25) is 0 Å². The Morgan fingerprint density at radius 3 is 2.66 bits per heavy atom. The molecule has 1 atom stereocenters. The van der Waals surface area contributed by atoms with Crippen LogP contribution in [0.3, 0.4) is 0 Å². The van der Waals surface area contributed by atoms with Crippen LogP contribution in [0.25, 0.3) is 11.3 Å². The molecule has 170 valence electrons. The molecule has 3 heterocycles. The monoisotopic (exact) mass is 440 g/mol. The van der Waals surface area contributed by atoms with E-state index in [1.807, 2.05) is 10.7 Å². The fourth-order valence-electron chi connectivity index (χ4n) is 5.25. The second-order valence-electron chi connectivity index (χ2n) is 8.88. The fraction of sp³-hybridized carbons (Fsp3) is 0.500. The summed E-state index contributed by atoms with van der Waals surface area (Å²) in [5.74, 6) is -0.409. The van der Waals surface area contributed by atoms with E-state index in [1.54, 1.807) is 14.2 Å². The first-order chi connectivity index (χ1) is 15.5. The van der Waals surface area contributed by atoms with E-state index < -0.39 is 11.4 Å². The molecule has 1 saturated carbocycles. The molecule has 2 fully saturated rings. The van der Waals surface area contributed by atoms with E-state index in [0.717, 1.165) is 60.2 Å². The number of carbonyl (C=O) groups is 1. The van der Waals surface area contributed by atoms with E-state index in [2.05, 4.69) is 11.1 Å². The highest BCUT2D eigenvalue weighted by atomic mass is 16.5. The molecule has 5 rings (SSSR count). The topological polar surface area (TPSA) is 90.2 Å². The predicted molar refractivity (Wildman–Crippen MR) is 118 cm³/mol. The summed E-state index contributed by atoms with van der Waals surface area (Å²) in [6.45, 7) is 1.55. The molecule has 1 aromatic heterocycles. The van der Waals surface area contributed by atoms with Crippen molar-refractivity contribution in [2.75, 3.05) is 32.4 Å². The van der Waals surface area contributed by atoms with Crippen LogP contribution in [0.4, 0.5) is 0 Å². The lowest BCUT2D eigenvalue weighted by atomic mass is 9.92. The number of carboxylic acids is 1. The Morgan fingerprint density at radius 1 is 1.16 bits per heavy atom. The summed E-state index contributed by atoms with van der Waals surface area (Å²) in [7, 11) is 3.31. The van der Waals surface area contributed by atoms with Crippen LogP contribution < -0.4 is 15.2 Å². The first-order valence-corrected chi connectivity index (χ1v) is 11.1. The van der Waals surface area contributed by atoms with Gasteiger partial charge in [-0.3, -0.25) is 14.5 Å². The second kappa shape index (κ2) is 7.94. The van der Waals surface area contributed by atoms with Gasteiger partial charge in [-0.05, 0) is 43.4 Å². The van der Waals surface area contributed by atoms with Crippen LogP contribution >= 0.6 is 0 Å². The molecule has 2 aromatic rings. The van der Waals surface area contributed by atoms with Gasteiger partial charge < -0.3 is 19.3 Å². The molecular weight excluding hydrogens is 412 g/mol. The molecule has 32 heavy (non-hydrogen) atoms. The van der Waals surface area contributed by atoms with Gasteiger partial charge in [-0.15, -0.1) is 0 Å². The van der Waals surface area contributed by atoms with E-state index in [0.29, 0.717) is 19.8 Å². The van der Waals surface area contributed by atoms with Crippen molar-refractivity contribution in [3.63, 3.8) is 0 Å². The average molecular weight is 440 g/mol. The van der Waals surface area contributed by atoms with Crippen molar-refractivity contribution in [3.8, 4) is 17.0 Å². The largest absolute Gasteiger partial charge is 0.493 e. The Hall–Kier alpha value is -2.84. The summed E-state index contributed by atoms with van der Waals surface area (Å²) in [5, 5.41) is 11.9. The summed E-state index contributed by atoms with van der Waals surface area (Å²) in [6, 6.07) is 5.70. The molecule has 1 saturated heterocycles. The van der Waals surface area contributed by atoms with E-state index >= 15 is 0 Å². The number of aromatic carboxylic acids is 1. The maximum absolute atomic E-state index is 12.6. The SMILES string of the molecule is COCCCOc1cc2c(cc1COC)-c1cc(=O)c(C(=O)O)cn1N1[C@@H]2CCC12CC2. The minimum Gasteiger partial charge on any atom is -0.493 e. The smallest absolute Gasteiger partial charge is 0.341 e. The van der Waals surface area contributed by atoms with Crippen molar-refractivity contribution in [1.29, 1.82) is 0 Å². The van der Waals surface area contributed by atoms with Crippen LogP contribution in [0.1, 0.15) is 59.6 Å². The third-order valence-electron chi connectivity index (χ3n) is 6.90. The number of hydrogen-bond donors (Lipinski definition) is 1. The number of rotatable bonds is 8. The summed E-state index contributed by atoms with van der Waals surface area (Å²) in [4.78, 5) is 24.3. The molecule has 1 aromatic carbocycles. The summed E-state index contributed by atoms with van der Waals surface area (Å²) >= 11 is 0. The first kappa shape index (κ1) is 21.0. The Bertz CT molecular complexity index is 1120. The second-order valence-corrected chi connectivity index (χ2v) is 8.88. The number of ether oxygens (including phenoxy) is 3. The number of benzene rings is 1. The van der Waals surface area contributed by atoms with Gasteiger partial charge >= 0.3 is 5.97 Å². The van der Waals surface area contributed by atoms with E-state index in [1.165, 1.54) is 12.3 Å². The molecule has 1 aliphatic carbocycles. The fourth-order valence-corrected chi connectivity index (χ4v) is 5.25. The summed E-state index contributed by atoms with van der Waals surface area (Å²) in [5.41, 5.74) is 3.05. The zero-order valence-electron chi connectivity index (χ0n) is 18.4. The molecule has 2 aliphatic heterocycles. The molecule has 0 amide bonds. The third kappa shape index (κ3) is 3.29. The van der Waals surface area contributed by atoms with Gasteiger partial charge in [0.25, 0.3) is 0 Å². The Kier molecular flexibility index (Phi) is 5.22. The average Bonchev–Trinajstić information content (AvgIpc) is 3.45. The van der Waals surface area contributed by atoms with Crippen molar-refractivity contribution in [1.82, 2.24) is 4.68 Å². The van der Waals surface area contributed by atoms with Gasteiger partial charge in [0.05, 0.1) is 30.5 Å². The highest BCUT2D eigenvalue weighted by molar-refractivity contribution is 5.88. The molecule has 0 bridgehead atoms. The van der Waals surface area contributed by atoms with Crippen molar-refractivity contribution in [2.24, 2.45) is 0 Å². The van der Waals surface area contributed by atoms with Gasteiger partial charge in [0.2, 0.25) is 0 Å². The van der Waals surface area contributed by atoms with Gasteiger partial charge in [0, 0.05) is 50.6 Å². The molecular formula is C24H28N2O6. The van der Waals surface area contributed by atoms with Gasteiger partial charge in [-0.25, -0.2) is 4.79 Å². The van der Waals surface area contributed by atoms with Crippen LogP contribution in [0, 0.1) is 0 Å². The molecule has 1 N–H and O–H groups in total. The van der Waals surface area contributed by atoms with Crippen molar-refractivity contribution >= 4 is 5.97 Å². The van der Waals surface area contributed by atoms with Crippen molar-refractivity contribution < 1.29 is 24.1 Å². The van der Waals surface area contributed by atoms with E-state index in [4.69, 9.17) is 14.2 Å². The lowest BCUT2D eigenvalue weighted by Gasteiger charge is -2.41. The molecule has 3 aliphatic rings. The molecule has 0 radical (unpaired) electrons. The van der Waals surface area contributed by atoms with Crippen LogP contribution in [0.15, 0.2) is 29.2 Å². The zero-order valence-corrected chi connectivity index (χ0v) is 18.4. The standard InChI is InChI=1S/C24H28N2O6/c1-30-8-3-9-32-22-11-17-16(10-15(22)14-31-2)20-12-21(27)18(23(28)29)13-25(20)26-19(17)4-5-24(26)6-7-24/h10-13,19H,3-9,14H2,1-2H3,(H,28,29)/t19-/m1/s1. The number of aromatic nitrogens is 1. The Balaban J connectivity index is 1.66. The molecule has 8 nitrogen and oxygen atoms in total. The first-order valence-electron chi connectivity index (χ1n) is 11.1. The minimum absolute atomic E-state index is 0.0482. The Morgan fingerprint density at radius 2 is 1.97 bits per heavy atom. The van der Waals surface area contributed by atoms with Gasteiger partial charge in [0.1, 0.15) is 11.3 Å². The number of hydrogen-bond acceptors (Lipinski definition) is 6. The molecule has 0 unspecified atom stereocenters. The summed E-state index contributed by atoms with van der Waals surface area (Å²) in [6.07, 6.45) is 6.48. The van der Waals surface area contributed by atoms with Crippen LogP contribution in [-0.2, 0) is 16.1 Å². The normalized spacial score (nSPS) is 19.4. The lowest BCUT2D eigenvalue weighted by Crippen LogP contribution is -2.46. The lowest BCUT2D eigenvalue weighted by molar-refractivity contribution is 0.0694. The van der Waals surface area contributed by atoms with Crippen LogP contribution in [0.5, 0.6) is 5.75 Å². The van der Waals surface area contributed by atoms with Gasteiger partial charge in [-0.1, -0.05) is 0 Å². The van der Waals surface area contributed by atoms with E-state index in [-0.39, 0.29) is 17.1 Å². The van der Waals surface area contributed by atoms with Gasteiger partial charge in [-0.2, -0.15) is 0 Å². The highest BCUT2D eigenvalue weighted by Gasteiger charge is 2.57. The highest BCUT2D eigenvalue weighted by Crippen LogP contribution is 2.58. The van der Waals surface area contributed by atoms with Crippen molar-refractivity contribution in [3.05, 3.63) is 51.3 Å². The van der Waals surface area contributed by atoms with Gasteiger partial charge in [0.15, 0.2) is 5.43 Å². The summed E-state index contributed by atoms with van der Waals surface area (Å²) < 4.78 is 18.6. The van der Waals surface area contributed by atoms with E-state index in [9.17, 15) is 14.7 Å². The Labute approximate surface area is 186 Å². The minimum atomic E-state index is -1.20. The number of carboxylic acid groups (broad SMARTS) is 1. The predicted octanol–water partition coefficient (Wildman–Crippen LogP) is 3.09. The number of fused-ring (bicyclic) bond motifs is 7. The molecule has 8 heteroatoms. The van der Waals surface area contributed by atoms with Crippen LogP contribution in [-0.4, -0.2) is 48.7 Å².